The van der Waals surface area contributed by atoms with Crippen LogP contribution in [0.15, 0.2) is 24.3 Å². The second-order valence-corrected chi connectivity index (χ2v) is 6.14. The minimum Gasteiger partial charge on any atom is -0.379 e. The molecule has 0 amide bonds. The van der Waals surface area contributed by atoms with Crippen molar-refractivity contribution in [2.75, 3.05) is 14.2 Å². The minimum atomic E-state index is -0.0433. The molecule has 0 bridgehead atoms. The quantitative estimate of drug-likeness (QED) is 0.792. The van der Waals surface area contributed by atoms with Crippen molar-refractivity contribution in [3.8, 4) is 0 Å². The van der Waals surface area contributed by atoms with Crippen LogP contribution in [0.5, 0.6) is 0 Å². The SMILES string of the molecule is CNC(CCC(C)(C)OC)c1ccc(I)cc1. The van der Waals surface area contributed by atoms with E-state index >= 15 is 0 Å². The number of rotatable bonds is 6. The zero-order valence-electron chi connectivity index (χ0n) is 11.1. The van der Waals surface area contributed by atoms with Crippen LogP contribution in [0.25, 0.3) is 0 Å². The summed E-state index contributed by atoms with van der Waals surface area (Å²) in [5, 5.41) is 3.38. The lowest BCUT2D eigenvalue weighted by Crippen LogP contribution is -2.25. The van der Waals surface area contributed by atoms with Crippen molar-refractivity contribution in [1.82, 2.24) is 5.32 Å². The van der Waals surface area contributed by atoms with E-state index in [0.717, 1.165) is 12.8 Å². The Morgan fingerprint density at radius 2 is 1.88 bits per heavy atom. The molecule has 0 radical (unpaired) electrons. The molecule has 0 fully saturated rings. The van der Waals surface area contributed by atoms with Gasteiger partial charge in [0.25, 0.3) is 0 Å². The van der Waals surface area contributed by atoms with Gasteiger partial charge in [-0.15, -0.1) is 0 Å². The molecular formula is C14H22INO. The maximum atomic E-state index is 5.46. The highest BCUT2D eigenvalue weighted by molar-refractivity contribution is 14.1. The standard InChI is InChI=1S/C14H22INO/c1-14(2,17-4)10-9-13(16-3)11-5-7-12(15)8-6-11/h5-8,13,16H,9-10H2,1-4H3. The van der Waals surface area contributed by atoms with E-state index in [0.29, 0.717) is 6.04 Å². The van der Waals surface area contributed by atoms with Crippen molar-refractivity contribution >= 4 is 22.6 Å². The summed E-state index contributed by atoms with van der Waals surface area (Å²) in [4.78, 5) is 0. The van der Waals surface area contributed by atoms with Crippen LogP contribution in [-0.4, -0.2) is 19.8 Å². The first-order valence-corrected chi connectivity index (χ1v) is 7.04. The molecule has 2 nitrogen and oxygen atoms in total. The Bertz CT molecular complexity index is 335. The van der Waals surface area contributed by atoms with E-state index in [2.05, 4.69) is 66.0 Å². The topological polar surface area (TPSA) is 21.3 Å². The summed E-state index contributed by atoms with van der Waals surface area (Å²) < 4.78 is 6.73. The second-order valence-electron chi connectivity index (χ2n) is 4.90. The van der Waals surface area contributed by atoms with Gasteiger partial charge in [0, 0.05) is 16.7 Å². The van der Waals surface area contributed by atoms with Gasteiger partial charge < -0.3 is 10.1 Å². The van der Waals surface area contributed by atoms with Crippen molar-refractivity contribution in [3.05, 3.63) is 33.4 Å². The zero-order valence-corrected chi connectivity index (χ0v) is 13.2. The molecule has 0 heterocycles. The Morgan fingerprint density at radius 1 is 1.29 bits per heavy atom. The summed E-state index contributed by atoms with van der Waals surface area (Å²) in [6.07, 6.45) is 2.12. The van der Waals surface area contributed by atoms with E-state index in [1.54, 1.807) is 7.11 Å². The van der Waals surface area contributed by atoms with Gasteiger partial charge in [-0.25, -0.2) is 0 Å². The number of nitrogens with one attached hydrogen (secondary N) is 1. The van der Waals surface area contributed by atoms with Gasteiger partial charge in [-0.05, 0) is 74.0 Å². The molecule has 1 rings (SSSR count). The fraction of sp³-hybridized carbons (Fsp3) is 0.571. The van der Waals surface area contributed by atoms with E-state index in [4.69, 9.17) is 4.74 Å². The van der Waals surface area contributed by atoms with E-state index in [9.17, 15) is 0 Å². The maximum absolute atomic E-state index is 5.46. The smallest absolute Gasteiger partial charge is 0.0623 e. The van der Waals surface area contributed by atoms with Gasteiger partial charge in [0.1, 0.15) is 0 Å². The Kier molecular flexibility index (Phi) is 5.89. The van der Waals surface area contributed by atoms with E-state index in [1.807, 2.05) is 7.05 Å². The predicted molar refractivity (Wildman–Crippen MR) is 81.3 cm³/mol. The number of ether oxygens (including phenoxy) is 1. The molecular weight excluding hydrogens is 325 g/mol. The van der Waals surface area contributed by atoms with Crippen LogP contribution >= 0.6 is 22.6 Å². The third-order valence-electron chi connectivity index (χ3n) is 3.21. The number of hydrogen-bond donors (Lipinski definition) is 1. The Morgan fingerprint density at radius 3 is 2.35 bits per heavy atom. The first kappa shape index (κ1) is 14.9. The van der Waals surface area contributed by atoms with Crippen molar-refractivity contribution in [2.45, 2.75) is 38.3 Å². The summed E-state index contributed by atoms with van der Waals surface area (Å²) in [6.45, 7) is 4.27. The van der Waals surface area contributed by atoms with Gasteiger partial charge >= 0.3 is 0 Å². The Labute approximate surface area is 118 Å². The molecule has 0 aliphatic carbocycles. The first-order valence-electron chi connectivity index (χ1n) is 5.96. The van der Waals surface area contributed by atoms with Crippen LogP contribution in [0.4, 0.5) is 0 Å². The van der Waals surface area contributed by atoms with Gasteiger partial charge in [0.2, 0.25) is 0 Å². The highest BCUT2D eigenvalue weighted by atomic mass is 127. The molecule has 1 N–H and O–H groups in total. The largest absolute Gasteiger partial charge is 0.379 e. The summed E-state index contributed by atoms with van der Waals surface area (Å²) >= 11 is 2.33. The van der Waals surface area contributed by atoms with Crippen LogP contribution in [0.1, 0.15) is 38.3 Å². The van der Waals surface area contributed by atoms with Crippen molar-refractivity contribution < 1.29 is 4.74 Å². The van der Waals surface area contributed by atoms with Crippen LogP contribution in [-0.2, 0) is 4.74 Å². The highest BCUT2D eigenvalue weighted by Crippen LogP contribution is 2.24. The van der Waals surface area contributed by atoms with Crippen LogP contribution < -0.4 is 5.32 Å². The van der Waals surface area contributed by atoms with Crippen molar-refractivity contribution in [1.29, 1.82) is 0 Å². The summed E-state index contributed by atoms with van der Waals surface area (Å²) in [6, 6.07) is 9.11. The molecule has 96 valence electrons. The van der Waals surface area contributed by atoms with Crippen molar-refractivity contribution in [2.24, 2.45) is 0 Å². The van der Waals surface area contributed by atoms with Gasteiger partial charge in [-0.3, -0.25) is 0 Å². The number of benzene rings is 1. The van der Waals surface area contributed by atoms with E-state index < -0.39 is 0 Å². The van der Waals surface area contributed by atoms with Crippen LogP contribution in [0.3, 0.4) is 0 Å². The molecule has 1 atom stereocenters. The molecule has 1 aromatic rings. The predicted octanol–water partition coefficient (Wildman–Crippen LogP) is 3.76. The fourth-order valence-electron chi connectivity index (χ4n) is 1.77. The van der Waals surface area contributed by atoms with Crippen LogP contribution in [0.2, 0.25) is 0 Å². The monoisotopic (exact) mass is 347 g/mol. The van der Waals surface area contributed by atoms with Gasteiger partial charge in [0.15, 0.2) is 0 Å². The second kappa shape index (κ2) is 6.71. The molecule has 0 aromatic heterocycles. The molecule has 0 aliphatic heterocycles. The Balaban J connectivity index is 2.63. The summed E-state index contributed by atoms with van der Waals surface area (Å²) in [5.74, 6) is 0. The maximum Gasteiger partial charge on any atom is 0.0623 e. The molecule has 0 aliphatic rings. The zero-order chi connectivity index (χ0) is 12.9. The third kappa shape index (κ3) is 4.94. The summed E-state index contributed by atoms with van der Waals surface area (Å²) in [7, 11) is 3.79. The first-order chi connectivity index (χ1) is 7.98. The fourth-order valence-corrected chi connectivity index (χ4v) is 2.13. The summed E-state index contributed by atoms with van der Waals surface area (Å²) in [5.41, 5.74) is 1.30. The number of methoxy groups -OCH3 is 1. The van der Waals surface area contributed by atoms with E-state index in [-0.39, 0.29) is 5.60 Å². The average Bonchev–Trinajstić information content (AvgIpc) is 2.32. The van der Waals surface area contributed by atoms with E-state index in [1.165, 1.54) is 9.13 Å². The lowest BCUT2D eigenvalue weighted by molar-refractivity contribution is 0.0118. The normalized spacial score (nSPS) is 13.7. The van der Waals surface area contributed by atoms with Crippen molar-refractivity contribution in [3.63, 3.8) is 0 Å². The molecule has 0 saturated heterocycles. The number of halogens is 1. The lowest BCUT2D eigenvalue weighted by Gasteiger charge is -2.26. The molecule has 0 spiro atoms. The third-order valence-corrected chi connectivity index (χ3v) is 3.93. The number of hydrogen-bond acceptors (Lipinski definition) is 2. The lowest BCUT2D eigenvalue weighted by atomic mass is 9.95. The van der Waals surface area contributed by atoms with Gasteiger partial charge in [-0.2, -0.15) is 0 Å². The van der Waals surface area contributed by atoms with Gasteiger partial charge in [0.05, 0.1) is 5.60 Å². The van der Waals surface area contributed by atoms with Crippen LogP contribution in [0, 0.1) is 3.57 Å². The average molecular weight is 347 g/mol. The molecule has 17 heavy (non-hydrogen) atoms. The molecule has 1 aromatic carbocycles. The Hall–Kier alpha value is -0.130. The molecule has 3 heteroatoms. The van der Waals surface area contributed by atoms with Gasteiger partial charge in [-0.1, -0.05) is 12.1 Å². The highest BCUT2D eigenvalue weighted by Gasteiger charge is 2.19. The minimum absolute atomic E-state index is 0.0433. The molecule has 0 saturated carbocycles. The molecule has 1 unspecified atom stereocenters.